The number of hydrogen-bond donors (Lipinski definition) is 0. The second-order valence-electron chi connectivity index (χ2n) is 6.79. The lowest BCUT2D eigenvalue weighted by molar-refractivity contribution is 0.242. The van der Waals surface area contributed by atoms with Crippen molar-refractivity contribution in [2.24, 2.45) is 0 Å². The Kier molecular flexibility index (Phi) is 4.14. The number of benzene rings is 1. The van der Waals surface area contributed by atoms with E-state index in [-0.39, 0.29) is 5.56 Å². The first kappa shape index (κ1) is 16.5. The molecule has 4 aromatic rings. The van der Waals surface area contributed by atoms with E-state index in [2.05, 4.69) is 43.5 Å². The highest BCUT2D eigenvalue weighted by Gasteiger charge is 2.20. The Morgan fingerprint density at radius 3 is 2.74 bits per heavy atom. The van der Waals surface area contributed by atoms with Gasteiger partial charge in [-0.3, -0.25) is 9.69 Å². The fraction of sp³-hybridized carbons (Fsp3) is 0.316. The number of hydrogen-bond acceptors (Lipinski definition) is 6. The highest BCUT2D eigenvalue weighted by Crippen LogP contribution is 2.29. The Morgan fingerprint density at radius 1 is 1.00 bits per heavy atom. The van der Waals surface area contributed by atoms with Gasteiger partial charge in [0.2, 0.25) is 0 Å². The van der Waals surface area contributed by atoms with E-state index in [0.717, 1.165) is 38.5 Å². The van der Waals surface area contributed by atoms with Gasteiger partial charge in [-0.05, 0) is 35.8 Å². The lowest BCUT2D eigenvalue weighted by Crippen LogP contribution is -2.47. The topological polar surface area (TPSA) is 58.7 Å². The third-order valence-electron chi connectivity index (χ3n) is 5.21. The molecule has 3 aromatic heterocycles. The molecule has 0 saturated carbocycles. The molecule has 27 heavy (non-hydrogen) atoms. The van der Waals surface area contributed by atoms with Gasteiger partial charge in [-0.15, -0.1) is 0 Å². The summed E-state index contributed by atoms with van der Waals surface area (Å²) in [5.74, 6) is 1.10. The zero-order chi connectivity index (χ0) is 18.2. The molecule has 5 rings (SSSR count). The average Bonchev–Trinajstić information content (AvgIpc) is 3.35. The van der Waals surface area contributed by atoms with Gasteiger partial charge in [0.25, 0.3) is 5.56 Å². The van der Waals surface area contributed by atoms with Gasteiger partial charge < -0.3 is 9.30 Å². The normalized spacial score (nSPS) is 15.8. The third-order valence-corrected chi connectivity index (χ3v) is 6.02. The first-order chi connectivity index (χ1) is 13.3. The van der Waals surface area contributed by atoms with Crippen molar-refractivity contribution in [3.05, 3.63) is 59.3 Å². The van der Waals surface area contributed by atoms with Crippen LogP contribution in [-0.2, 0) is 6.54 Å². The molecule has 7 nitrogen and oxygen atoms in total. The van der Waals surface area contributed by atoms with E-state index in [1.807, 2.05) is 18.3 Å². The van der Waals surface area contributed by atoms with Crippen LogP contribution in [0.2, 0.25) is 0 Å². The number of anilines is 1. The Balaban J connectivity index is 1.23. The van der Waals surface area contributed by atoms with E-state index in [9.17, 15) is 4.79 Å². The molecular weight excluding hydrogens is 360 g/mol. The lowest BCUT2D eigenvalue weighted by Gasteiger charge is -2.35. The molecule has 1 aliphatic rings. The SMILES string of the molecule is O=c1c2cccn2cnn1CCN1CCN(c2nsc3ccccc23)CC1. The second-order valence-corrected chi connectivity index (χ2v) is 7.60. The smallest absolute Gasteiger partial charge is 0.291 e. The molecule has 0 aliphatic carbocycles. The Hall–Kier alpha value is -2.71. The van der Waals surface area contributed by atoms with Gasteiger partial charge in [-0.1, -0.05) is 12.1 Å². The van der Waals surface area contributed by atoms with E-state index in [4.69, 9.17) is 0 Å². The summed E-state index contributed by atoms with van der Waals surface area (Å²) in [6.45, 7) is 5.28. The van der Waals surface area contributed by atoms with Crippen molar-refractivity contribution >= 4 is 33.0 Å². The molecule has 0 atom stereocenters. The number of piperazine rings is 1. The van der Waals surface area contributed by atoms with Gasteiger partial charge >= 0.3 is 0 Å². The molecule has 0 bridgehead atoms. The highest BCUT2D eigenvalue weighted by molar-refractivity contribution is 7.13. The van der Waals surface area contributed by atoms with Crippen LogP contribution in [0.5, 0.6) is 0 Å². The van der Waals surface area contributed by atoms with Crippen LogP contribution in [0.3, 0.4) is 0 Å². The maximum absolute atomic E-state index is 12.4. The van der Waals surface area contributed by atoms with Crippen molar-refractivity contribution in [2.75, 3.05) is 37.6 Å². The predicted molar refractivity (Wildman–Crippen MR) is 108 cm³/mol. The standard InChI is InChI=1S/C19H20N6OS/c26-19-16-5-3-7-24(16)14-20-25(19)13-10-22-8-11-23(12-9-22)18-15-4-1-2-6-17(15)27-21-18/h1-7,14H,8-13H2. The summed E-state index contributed by atoms with van der Waals surface area (Å²) in [5, 5.41) is 5.52. The summed E-state index contributed by atoms with van der Waals surface area (Å²) in [5.41, 5.74) is 0.639. The lowest BCUT2D eigenvalue weighted by atomic mass is 10.2. The molecule has 8 heteroatoms. The molecule has 1 fully saturated rings. The van der Waals surface area contributed by atoms with Crippen LogP contribution >= 0.6 is 11.5 Å². The van der Waals surface area contributed by atoms with Gasteiger partial charge in [-0.2, -0.15) is 9.47 Å². The first-order valence-corrected chi connectivity index (χ1v) is 9.91. The number of rotatable bonds is 4. The number of fused-ring (bicyclic) bond motifs is 2. The molecule has 4 heterocycles. The number of nitrogens with zero attached hydrogens (tertiary/aromatic N) is 6. The van der Waals surface area contributed by atoms with Crippen molar-refractivity contribution in [2.45, 2.75) is 6.54 Å². The molecule has 0 radical (unpaired) electrons. The first-order valence-electron chi connectivity index (χ1n) is 9.14. The minimum atomic E-state index is -0.0323. The molecule has 138 valence electrons. The fourth-order valence-electron chi connectivity index (χ4n) is 3.66. The summed E-state index contributed by atoms with van der Waals surface area (Å²) in [4.78, 5) is 17.2. The summed E-state index contributed by atoms with van der Waals surface area (Å²) in [6, 6.07) is 12.1. The molecular formula is C19H20N6OS. The zero-order valence-electron chi connectivity index (χ0n) is 14.9. The Bertz CT molecular complexity index is 1140. The third kappa shape index (κ3) is 3.00. The summed E-state index contributed by atoms with van der Waals surface area (Å²) in [7, 11) is 0. The molecule has 0 amide bonds. The quantitative estimate of drug-likeness (QED) is 0.541. The van der Waals surface area contributed by atoms with E-state index in [0.29, 0.717) is 12.1 Å². The molecule has 0 spiro atoms. The van der Waals surface area contributed by atoms with Gasteiger partial charge in [-0.25, -0.2) is 4.68 Å². The van der Waals surface area contributed by atoms with Crippen LogP contribution in [0, 0.1) is 0 Å². The predicted octanol–water partition coefficient (Wildman–Crippen LogP) is 1.93. The van der Waals surface area contributed by atoms with Crippen LogP contribution in [-0.4, -0.2) is 56.2 Å². The van der Waals surface area contributed by atoms with Crippen LogP contribution < -0.4 is 10.5 Å². The summed E-state index contributed by atoms with van der Waals surface area (Å²) < 4.78 is 9.23. The van der Waals surface area contributed by atoms with Crippen LogP contribution in [0.1, 0.15) is 0 Å². The average molecular weight is 380 g/mol. The summed E-state index contributed by atoms with van der Waals surface area (Å²) >= 11 is 1.57. The summed E-state index contributed by atoms with van der Waals surface area (Å²) in [6.07, 6.45) is 3.54. The van der Waals surface area contributed by atoms with Crippen molar-refractivity contribution in [3.63, 3.8) is 0 Å². The molecule has 0 N–H and O–H groups in total. The largest absolute Gasteiger partial charge is 0.353 e. The van der Waals surface area contributed by atoms with E-state index in [1.54, 1.807) is 26.9 Å². The van der Waals surface area contributed by atoms with Crippen LogP contribution in [0.25, 0.3) is 15.6 Å². The van der Waals surface area contributed by atoms with Crippen LogP contribution in [0.15, 0.2) is 53.7 Å². The van der Waals surface area contributed by atoms with Crippen molar-refractivity contribution in [1.29, 1.82) is 0 Å². The zero-order valence-corrected chi connectivity index (χ0v) is 15.7. The molecule has 0 unspecified atom stereocenters. The maximum atomic E-state index is 12.4. The van der Waals surface area contributed by atoms with E-state index in [1.165, 1.54) is 10.1 Å². The Morgan fingerprint density at radius 2 is 1.85 bits per heavy atom. The molecule has 1 aromatic carbocycles. The van der Waals surface area contributed by atoms with E-state index >= 15 is 0 Å². The fourth-order valence-corrected chi connectivity index (χ4v) is 4.45. The number of aromatic nitrogens is 4. The second kappa shape index (κ2) is 6.79. The molecule has 1 saturated heterocycles. The minimum absolute atomic E-state index is 0.0323. The molecule has 1 aliphatic heterocycles. The van der Waals surface area contributed by atoms with Gasteiger partial charge in [0, 0.05) is 44.3 Å². The van der Waals surface area contributed by atoms with Crippen molar-refractivity contribution < 1.29 is 0 Å². The van der Waals surface area contributed by atoms with Crippen LogP contribution in [0.4, 0.5) is 5.82 Å². The minimum Gasteiger partial charge on any atom is -0.353 e. The van der Waals surface area contributed by atoms with Crippen molar-refractivity contribution in [1.82, 2.24) is 23.5 Å². The van der Waals surface area contributed by atoms with E-state index < -0.39 is 0 Å². The highest BCUT2D eigenvalue weighted by atomic mass is 32.1. The van der Waals surface area contributed by atoms with Gasteiger partial charge in [0.1, 0.15) is 17.7 Å². The maximum Gasteiger partial charge on any atom is 0.291 e. The Labute approximate surface area is 160 Å². The van der Waals surface area contributed by atoms with Gasteiger partial charge in [0.05, 0.1) is 11.2 Å². The monoisotopic (exact) mass is 380 g/mol. The van der Waals surface area contributed by atoms with Gasteiger partial charge in [0.15, 0.2) is 0 Å². The van der Waals surface area contributed by atoms with Crippen molar-refractivity contribution in [3.8, 4) is 0 Å².